The molecule has 174 valence electrons. The lowest BCUT2D eigenvalue weighted by Gasteiger charge is -2.43. The Bertz CT molecular complexity index is 1410. The Morgan fingerprint density at radius 1 is 1.12 bits per heavy atom. The number of halogens is 1. The number of nitrogens with zero attached hydrogens (tertiary/aromatic N) is 1. The van der Waals surface area contributed by atoms with E-state index in [-0.39, 0.29) is 23.5 Å². The van der Waals surface area contributed by atoms with Crippen molar-refractivity contribution in [3.8, 4) is 5.75 Å². The van der Waals surface area contributed by atoms with Crippen LogP contribution in [-0.2, 0) is 4.79 Å². The SMILES string of the molecule is Cc1ccc2occ(/C=C/C(=O)N3CCC4(CC3)CC(=O)c3cc(Cl)c(C)cc3O4)c(=O)c2c1. The molecule has 5 rings (SSSR count). The molecule has 0 aliphatic carbocycles. The van der Waals surface area contributed by atoms with Crippen LogP contribution in [0.1, 0.15) is 46.3 Å². The van der Waals surface area contributed by atoms with Crippen molar-refractivity contribution in [3.05, 3.63) is 80.2 Å². The van der Waals surface area contributed by atoms with Gasteiger partial charge in [-0.2, -0.15) is 0 Å². The van der Waals surface area contributed by atoms with Crippen LogP contribution in [0.2, 0.25) is 5.02 Å². The van der Waals surface area contributed by atoms with Crippen LogP contribution in [0.5, 0.6) is 5.75 Å². The van der Waals surface area contributed by atoms with E-state index in [9.17, 15) is 14.4 Å². The molecule has 1 aromatic heterocycles. The highest BCUT2D eigenvalue weighted by Crippen LogP contribution is 2.41. The molecule has 2 aliphatic heterocycles. The highest BCUT2D eigenvalue weighted by Gasteiger charge is 2.43. The number of hydrogen-bond donors (Lipinski definition) is 0. The van der Waals surface area contributed by atoms with Crippen molar-refractivity contribution < 1.29 is 18.7 Å². The minimum Gasteiger partial charge on any atom is -0.486 e. The van der Waals surface area contributed by atoms with Gasteiger partial charge in [-0.15, -0.1) is 0 Å². The van der Waals surface area contributed by atoms with Gasteiger partial charge < -0.3 is 14.1 Å². The molecule has 1 spiro atoms. The predicted octanol–water partition coefficient (Wildman–Crippen LogP) is 5.10. The van der Waals surface area contributed by atoms with Crippen molar-refractivity contribution in [2.45, 2.75) is 38.7 Å². The summed E-state index contributed by atoms with van der Waals surface area (Å²) in [5.74, 6) is 0.390. The lowest BCUT2D eigenvalue weighted by Crippen LogP contribution is -2.52. The Hall–Kier alpha value is -3.38. The van der Waals surface area contributed by atoms with E-state index >= 15 is 0 Å². The van der Waals surface area contributed by atoms with Gasteiger partial charge in [0.2, 0.25) is 5.91 Å². The quantitative estimate of drug-likeness (QED) is 0.480. The van der Waals surface area contributed by atoms with Crippen molar-refractivity contribution >= 4 is 40.3 Å². The summed E-state index contributed by atoms with van der Waals surface area (Å²) in [4.78, 5) is 40.0. The first-order valence-corrected chi connectivity index (χ1v) is 11.6. The lowest BCUT2D eigenvalue weighted by atomic mass is 9.82. The molecule has 0 N–H and O–H groups in total. The number of ether oxygens (including phenoxy) is 1. The summed E-state index contributed by atoms with van der Waals surface area (Å²) in [6, 6.07) is 8.92. The first-order valence-electron chi connectivity index (χ1n) is 11.3. The molecule has 1 amide bonds. The van der Waals surface area contributed by atoms with E-state index < -0.39 is 5.60 Å². The third-order valence-corrected chi connectivity index (χ3v) is 7.12. The number of carbonyl (C=O) groups excluding carboxylic acids is 2. The molecule has 0 unspecified atom stereocenters. The van der Waals surface area contributed by atoms with Gasteiger partial charge in [0.15, 0.2) is 11.2 Å². The van der Waals surface area contributed by atoms with Crippen molar-refractivity contribution in [1.29, 1.82) is 0 Å². The van der Waals surface area contributed by atoms with Crippen LogP contribution < -0.4 is 10.2 Å². The fourth-order valence-corrected chi connectivity index (χ4v) is 4.83. The maximum Gasteiger partial charge on any atom is 0.246 e. The molecule has 7 heteroatoms. The molecule has 1 saturated heterocycles. The predicted molar refractivity (Wildman–Crippen MR) is 131 cm³/mol. The number of hydrogen-bond acceptors (Lipinski definition) is 5. The second kappa shape index (κ2) is 8.44. The number of carbonyl (C=O) groups is 2. The molecule has 0 bridgehead atoms. The summed E-state index contributed by atoms with van der Waals surface area (Å²) in [7, 11) is 0. The Balaban J connectivity index is 1.28. The Labute approximate surface area is 201 Å². The van der Waals surface area contributed by atoms with Gasteiger partial charge in [-0.1, -0.05) is 23.2 Å². The van der Waals surface area contributed by atoms with Crippen LogP contribution in [0.15, 0.2) is 51.9 Å². The molecule has 1 fully saturated rings. The summed E-state index contributed by atoms with van der Waals surface area (Å²) in [5.41, 5.74) is 2.40. The summed E-state index contributed by atoms with van der Waals surface area (Å²) >= 11 is 6.18. The highest BCUT2D eigenvalue weighted by atomic mass is 35.5. The molecule has 2 aliphatic rings. The van der Waals surface area contributed by atoms with E-state index in [0.29, 0.717) is 58.8 Å². The number of rotatable bonds is 2. The maximum absolute atomic E-state index is 12.8. The average Bonchev–Trinajstić information content (AvgIpc) is 2.81. The van der Waals surface area contributed by atoms with Gasteiger partial charge in [-0.3, -0.25) is 14.4 Å². The van der Waals surface area contributed by atoms with E-state index in [0.717, 1.165) is 11.1 Å². The van der Waals surface area contributed by atoms with Crippen molar-refractivity contribution in [3.63, 3.8) is 0 Å². The smallest absolute Gasteiger partial charge is 0.246 e. The molecule has 0 saturated carbocycles. The Morgan fingerprint density at radius 3 is 2.65 bits per heavy atom. The minimum atomic E-state index is -0.609. The van der Waals surface area contributed by atoms with Crippen molar-refractivity contribution in [2.24, 2.45) is 0 Å². The lowest BCUT2D eigenvalue weighted by molar-refractivity contribution is -0.129. The molecular weight excluding hydrogens is 454 g/mol. The summed E-state index contributed by atoms with van der Waals surface area (Å²) in [6.45, 7) is 4.71. The molecule has 0 radical (unpaired) electrons. The van der Waals surface area contributed by atoms with E-state index in [1.807, 2.05) is 26.0 Å². The van der Waals surface area contributed by atoms with Crippen molar-refractivity contribution in [2.75, 3.05) is 13.1 Å². The van der Waals surface area contributed by atoms with Gasteiger partial charge in [0.1, 0.15) is 23.2 Å². The maximum atomic E-state index is 12.8. The largest absolute Gasteiger partial charge is 0.486 e. The van der Waals surface area contributed by atoms with Gasteiger partial charge in [-0.25, -0.2) is 0 Å². The number of piperidine rings is 1. The van der Waals surface area contributed by atoms with E-state index in [1.54, 1.807) is 23.1 Å². The van der Waals surface area contributed by atoms with Gasteiger partial charge in [0.05, 0.1) is 22.9 Å². The fourth-order valence-electron chi connectivity index (χ4n) is 4.67. The number of fused-ring (bicyclic) bond motifs is 2. The molecule has 2 aromatic carbocycles. The van der Waals surface area contributed by atoms with Crippen LogP contribution in [-0.4, -0.2) is 35.3 Å². The van der Waals surface area contributed by atoms with Gasteiger partial charge in [0.25, 0.3) is 0 Å². The second-order valence-corrected chi connectivity index (χ2v) is 9.57. The molecule has 34 heavy (non-hydrogen) atoms. The van der Waals surface area contributed by atoms with Crippen LogP contribution in [0, 0.1) is 13.8 Å². The van der Waals surface area contributed by atoms with Crippen molar-refractivity contribution in [1.82, 2.24) is 4.90 Å². The third-order valence-electron chi connectivity index (χ3n) is 6.72. The zero-order valence-electron chi connectivity index (χ0n) is 19.0. The summed E-state index contributed by atoms with van der Waals surface area (Å²) < 4.78 is 11.9. The molecule has 3 aromatic rings. The number of Topliss-reactive ketones (excluding diaryl/α,β-unsaturated/α-hetero) is 1. The van der Waals surface area contributed by atoms with Crippen LogP contribution in [0.4, 0.5) is 0 Å². The molecular formula is C27H24ClNO5. The zero-order valence-corrected chi connectivity index (χ0v) is 19.8. The number of ketones is 1. The van der Waals surface area contributed by atoms with Crippen LogP contribution in [0.25, 0.3) is 17.0 Å². The Kier molecular flexibility index (Phi) is 5.56. The highest BCUT2D eigenvalue weighted by molar-refractivity contribution is 6.31. The number of aryl methyl sites for hydroxylation is 2. The van der Waals surface area contributed by atoms with Gasteiger partial charge in [-0.05, 0) is 49.8 Å². The average molecular weight is 478 g/mol. The fraction of sp³-hybridized carbons (Fsp3) is 0.296. The topological polar surface area (TPSA) is 76.8 Å². The number of benzene rings is 2. The number of likely N-dealkylation sites (tertiary alicyclic amines) is 1. The third kappa shape index (κ3) is 4.03. The minimum absolute atomic E-state index is 0.0149. The normalized spacial score (nSPS) is 17.3. The second-order valence-electron chi connectivity index (χ2n) is 9.16. The summed E-state index contributed by atoms with van der Waals surface area (Å²) in [5, 5.41) is 1.04. The number of amides is 1. The zero-order chi connectivity index (χ0) is 24.0. The molecule has 6 nitrogen and oxygen atoms in total. The Morgan fingerprint density at radius 2 is 1.88 bits per heavy atom. The van der Waals surface area contributed by atoms with Crippen LogP contribution >= 0.6 is 11.6 Å². The van der Waals surface area contributed by atoms with E-state index in [4.69, 9.17) is 20.8 Å². The first kappa shape index (κ1) is 22.4. The first-order chi connectivity index (χ1) is 16.2. The van der Waals surface area contributed by atoms with E-state index in [2.05, 4.69) is 0 Å². The van der Waals surface area contributed by atoms with Crippen LogP contribution in [0.3, 0.4) is 0 Å². The molecule has 0 atom stereocenters. The van der Waals surface area contributed by atoms with Gasteiger partial charge in [0, 0.05) is 37.0 Å². The van der Waals surface area contributed by atoms with E-state index in [1.165, 1.54) is 18.4 Å². The van der Waals surface area contributed by atoms with Gasteiger partial charge >= 0.3 is 0 Å². The standard InChI is InChI=1S/C27H24ClNO5/c1-16-3-5-23-20(11-16)26(32)18(15-33-23)4-6-25(31)29-9-7-27(8-10-29)14-22(30)19-13-21(28)17(2)12-24(19)34-27/h3-6,11-13,15H,7-10,14H2,1-2H3/b6-4+. The summed E-state index contributed by atoms with van der Waals surface area (Å²) in [6.07, 6.45) is 5.66. The monoisotopic (exact) mass is 477 g/mol. The molecule has 3 heterocycles.